The van der Waals surface area contributed by atoms with Crippen molar-refractivity contribution < 1.29 is 17.6 Å². The van der Waals surface area contributed by atoms with Gasteiger partial charge in [-0.15, -0.1) is 0 Å². The minimum absolute atomic E-state index is 0.0563. The van der Waals surface area contributed by atoms with Gasteiger partial charge in [-0.05, 0) is 24.2 Å². The van der Waals surface area contributed by atoms with Crippen LogP contribution in [0.25, 0.3) is 0 Å². The summed E-state index contributed by atoms with van der Waals surface area (Å²) in [6, 6.07) is 4.66. The maximum Gasteiger partial charge on any atom is 0.426 e. The van der Waals surface area contributed by atoms with Crippen LogP contribution in [0.3, 0.4) is 0 Å². The van der Waals surface area contributed by atoms with Gasteiger partial charge in [-0.1, -0.05) is 23.7 Å². The molecule has 16 heavy (non-hydrogen) atoms. The molecule has 0 amide bonds. The first kappa shape index (κ1) is 13.3. The summed E-state index contributed by atoms with van der Waals surface area (Å²) in [6.45, 7) is -0.400. The lowest BCUT2D eigenvalue weighted by molar-refractivity contribution is -0.237. The van der Waals surface area contributed by atoms with Crippen LogP contribution >= 0.6 is 11.6 Å². The fourth-order valence-electron chi connectivity index (χ4n) is 1.38. The first-order chi connectivity index (χ1) is 7.31. The monoisotopic (exact) mass is 255 g/mol. The lowest BCUT2D eigenvalue weighted by Gasteiger charge is -2.28. The van der Waals surface area contributed by atoms with Crippen molar-refractivity contribution in [3.8, 4) is 0 Å². The normalized spacial score (nSPS) is 15.9. The fourth-order valence-corrected chi connectivity index (χ4v) is 1.57. The largest absolute Gasteiger partial charge is 0.426 e. The summed E-state index contributed by atoms with van der Waals surface area (Å²) in [5.41, 5.74) is 1.06. The zero-order chi connectivity index (χ0) is 12.4. The molecule has 1 aromatic carbocycles. The molecule has 1 atom stereocenters. The van der Waals surface area contributed by atoms with Gasteiger partial charge < -0.3 is 5.73 Å². The van der Waals surface area contributed by atoms with E-state index in [2.05, 4.69) is 0 Å². The molecule has 0 fully saturated rings. The van der Waals surface area contributed by atoms with E-state index >= 15 is 0 Å². The van der Waals surface area contributed by atoms with Gasteiger partial charge in [0.05, 0.1) is 0 Å². The first-order valence-corrected chi connectivity index (χ1v) is 4.91. The maximum atomic E-state index is 13.9. The molecule has 0 aromatic heterocycles. The minimum atomic E-state index is -5.00. The third-order valence-electron chi connectivity index (χ3n) is 2.22. The molecule has 0 saturated carbocycles. The third-order valence-corrected chi connectivity index (χ3v) is 2.46. The Labute approximate surface area is 95.2 Å². The van der Waals surface area contributed by atoms with Crippen molar-refractivity contribution in [3.05, 3.63) is 34.9 Å². The number of nitrogens with two attached hydrogens (primary N) is 1. The van der Waals surface area contributed by atoms with Gasteiger partial charge in [0.15, 0.2) is 0 Å². The second kappa shape index (κ2) is 4.59. The Bertz CT molecular complexity index is 366. The van der Waals surface area contributed by atoms with Gasteiger partial charge in [0.1, 0.15) is 0 Å². The van der Waals surface area contributed by atoms with Gasteiger partial charge in [-0.3, -0.25) is 0 Å². The van der Waals surface area contributed by atoms with Crippen LogP contribution < -0.4 is 5.73 Å². The molecule has 90 valence electrons. The average molecular weight is 256 g/mol. The van der Waals surface area contributed by atoms with E-state index < -0.39 is 30.4 Å². The van der Waals surface area contributed by atoms with Crippen molar-refractivity contribution in [2.75, 3.05) is 6.54 Å². The Balaban J connectivity index is 3.21. The van der Waals surface area contributed by atoms with Crippen LogP contribution in [0.5, 0.6) is 0 Å². The SMILES string of the molecule is NCCC(F)(c1cccc(Cl)c1)C(F)(F)F. The lowest BCUT2D eigenvalue weighted by atomic mass is 9.91. The molecule has 0 saturated heterocycles. The summed E-state index contributed by atoms with van der Waals surface area (Å²) in [6.07, 6.45) is -5.83. The number of rotatable bonds is 3. The zero-order valence-electron chi connectivity index (χ0n) is 8.19. The van der Waals surface area contributed by atoms with Crippen LogP contribution in [0.2, 0.25) is 5.02 Å². The quantitative estimate of drug-likeness (QED) is 0.823. The van der Waals surface area contributed by atoms with Gasteiger partial charge >= 0.3 is 6.18 Å². The molecule has 0 aliphatic carbocycles. The molecule has 0 bridgehead atoms. The Hall–Kier alpha value is -0.810. The highest BCUT2D eigenvalue weighted by atomic mass is 35.5. The third kappa shape index (κ3) is 2.47. The molecular formula is C10H10ClF4N. The Morgan fingerprint density at radius 1 is 1.19 bits per heavy atom. The van der Waals surface area contributed by atoms with Crippen LogP contribution in [0.4, 0.5) is 17.6 Å². The molecular weight excluding hydrogens is 246 g/mol. The number of halogens is 5. The molecule has 0 aliphatic heterocycles. The number of benzene rings is 1. The fraction of sp³-hybridized carbons (Fsp3) is 0.400. The summed E-state index contributed by atoms with van der Waals surface area (Å²) in [5.74, 6) is 0. The predicted molar refractivity (Wildman–Crippen MR) is 54.0 cm³/mol. The number of alkyl halides is 4. The highest BCUT2D eigenvalue weighted by Crippen LogP contribution is 2.45. The molecule has 1 nitrogen and oxygen atoms in total. The molecule has 1 unspecified atom stereocenters. The van der Waals surface area contributed by atoms with Gasteiger partial charge in [0.25, 0.3) is 0 Å². The van der Waals surface area contributed by atoms with Crippen LogP contribution in [-0.4, -0.2) is 12.7 Å². The highest BCUT2D eigenvalue weighted by molar-refractivity contribution is 6.30. The second-order valence-electron chi connectivity index (χ2n) is 3.35. The molecule has 0 aliphatic rings. The molecule has 1 aromatic rings. The van der Waals surface area contributed by atoms with Crippen molar-refractivity contribution in [1.29, 1.82) is 0 Å². The van der Waals surface area contributed by atoms with Crippen LogP contribution in [0.1, 0.15) is 12.0 Å². The van der Waals surface area contributed by atoms with Crippen LogP contribution in [-0.2, 0) is 5.67 Å². The zero-order valence-corrected chi connectivity index (χ0v) is 8.95. The van der Waals surface area contributed by atoms with Gasteiger partial charge in [-0.25, -0.2) is 4.39 Å². The lowest BCUT2D eigenvalue weighted by Crippen LogP contribution is -2.40. The van der Waals surface area contributed by atoms with Crippen LogP contribution in [0, 0.1) is 0 Å². The van der Waals surface area contributed by atoms with Gasteiger partial charge in [0, 0.05) is 11.4 Å². The predicted octanol–water partition coefficient (Wildman–Crippen LogP) is 3.42. The molecule has 0 radical (unpaired) electrons. The molecule has 1 rings (SSSR count). The van der Waals surface area contributed by atoms with E-state index in [1.54, 1.807) is 0 Å². The summed E-state index contributed by atoms with van der Waals surface area (Å²) in [4.78, 5) is 0. The molecule has 2 N–H and O–H groups in total. The summed E-state index contributed by atoms with van der Waals surface area (Å²) in [7, 11) is 0. The number of hydrogen-bond donors (Lipinski definition) is 1. The van der Waals surface area contributed by atoms with E-state index in [1.165, 1.54) is 12.1 Å². The van der Waals surface area contributed by atoms with E-state index in [0.717, 1.165) is 12.1 Å². The topological polar surface area (TPSA) is 26.0 Å². The minimum Gasteiger partial charge on any atom is -0.330 e. The first-order valence-electron chi connectivity index (χ1n) is 4.53. The Kier molecular flexibility index (Phi) is 3.80. The molecule has 0 spiro atoms. The smallest absolute Gasteiger partial charge is 0.330 e. The summed E-state index contributed by atoms with van der Waals surface area (Å²) >= 11 is 5.54. The second-order valence-corrected chi connectivity index (χ2v) is 3.78. The van der Waals surface area contributed by atoms with Crippen molar-refractivity contribution in [3.63, 3.8) is 0 Å². The Morgan fingerprint density at radius 3 is 2.25 bits per heavy atom. The maximum absolute atomic E-state index is 13.9. The van der Waals surface area contributed by atoms with E-state index in [9.17, 15) is 17.6 Å². The van der Waals surface area contributed by atoms with Gasteiger partial charge in [0.2, 0.25) is 5.67 Å². The van der Waals surface area contributed by atoms with Crippen molar-refractivity contribution >= 4 is 11.6 Å². The Morgan fingerprint density at radius 2 is 1.81 bits per heavy atom. The van der Waals surface area contributed by atoms with Crippen molar-refractivity contribution in [1.82, 2.24) is 0 Å². The van der Waals surface area contributed by atoms with E-state index in [0.29, 0.717) is 0 Å². The van der Waals surface area contributed by atoms with Crippen LogP contribution in [0.15, 0.2) is 24.3 Å². The summed E-state index contributed by atoms with van der Waals surface area (Å²) < 4.78 is 51.9. The standard InChI is InChI=1S/C10H10ClF4N/c11-8-3-1-2-7(6-8)9(12,4-5-16)10(13,14)15/h1-3,6H,4-5,16H2. The van der Waals surface area contributed by atoms with E-state index in [4.69, 9.17) is 17.3 Å². The highest BCUT2D eigenvalue weighted by Gasteiger charge is 2.56. The van der Waals surface area contributed by atoms with E-state index in [-0.39, 0.29) is 5.02 Å². The average Bonchev–Trinajstić information content (AvgIpc) is 2.16. The van der Waals surface area contributed by atoms with Gasteiger partial charge in [-0.2, -0.15) is 13.2 Å². The molecule has 6 heteroatoms. The van der Waals surface area contributed by atoms with Crippen molar-refractivity contribution in [2.24, 2.45) is 5.73 Å². The van der Waals surface area contributed by atoms with Crippen molar-refractivity contribution in [2.45, 2.75) is 18.3 Å². The van der Waals surface area contributed by atoms with E-state index in [1.807, 2.05) is 0 Å². The summed E-state index contributed by atoms with van der Waals surface area (Å²) in [5, 5.41) is 0.0563. The molecule has 0 heterocycles. The number of hydrogen-bond acceptors (Lipinski definition) is 1.